The second-order valence-electron chi connectivity index (χ2n) is 5.60. The van der Waals surface area contributed by atoms with Gasteiger partial charge >= 0.3 is 6.03 Å². The number of nitrogens with one attached hydrogen (secondary N) is 2. The van der Waals surface area contributed by atoms with E-state index < -0.39 is 0 Å². The molecule has 0 aromatic carbocycles. The Bertz CT molecular complexity index is 474. The molecular weight excluding hydrogens is 270 g/mol. The zero-order valence-corrected chi connectivity index (χ0v) is 12.6. The van der Waals surface area contributed by atoms with Gasteiger partial charge in [-0.1, -0.05) is 0 Å². The van der Waals surface area contributed by atoms with Crippen molar-refractivity contribution in [3.8, 4) is 0 Å². The topological polar surface area (TPSA) is 79.3 Å². The number of aromatic nitrogens is 2. The molecule has 2 heterocycles. The van der Waals surface area contributed by atoms with E-state index in [-0.39, 0.29) is 24.0 Å². The maximum atomic E-state index is 12.2. The molecule has 1 fully saturated rings. The average Bonchev–Trinajstić information content (AvgIpc) is 2.90. The third kappa shape index (κ3) is 4.77. The number of imidazole rings is 1. The van der Waals surface area contributed by atoms with E-state index >= 15 is 0 Å². The average molecular weight is 293 g/mol. The summed E-state index contributed by atoms with van der Waals surface area (Å²) in [6, 6.07) is 0.0106. The number of carbonyl (C=O) groups is 2. The second-order valence-corrected chi connectivity index (χ2v) is 5.60. The van der Waals surface area contributed by atoms with Crippen LogP contribution in [0.15, 0.2) is 18.7 Å². The van der Waals surface area contributed by atoms with Crippen LogP contribution in [0.3, 0.4) is 0 Å². The molecule has 0 unspecified atom stereocenters. The predicted molar refractivity (Wildman–Crippen MR) is 78.6 cm³/mol. The highest BCUT2D eigenvalue weighted by atomic mass is 16.2. The molecule has 1 aliphatic heterocycles. The molecular formula is C14H23N5O2. The van der Waals surface area contributed by atoms with Gasteiger partial charge in [-0.25, -0.2) is 9.78 Å². The Balaban J connectivity index is 1.80. The number of amides is 3. The monoisotopic (exact) mass is 293 g/mol. The van der Waals surface area contributed by atoms with Crippen molar-refractivity contribution in [2.24, 2.45) is 0 Å². The Morgan fingerprint density at radius 1 is 1.48 bits per heavy atom. The zero-order valence-electron chi connectivity index (χ0n) is 12.6. The lowest BCUT2D eigenvalue weighted by atomic mass is 10.1. The summed E-state index contributed by atoms with van der Waals surface area (Å²) >= 11 is 0. The molecule has 0 aliphatic carbocycles. The Kier molecular flexibility index (Phi) is 5.19. The fourth-order valence-electron chi connectivity index (χ4n) is 2.63. The van der Waals surface area contributed by atoms with Gasteiger partial charge in [-0.3, -0.25) is 4.79 Å². The second kappa shape index (κ2) is 7.10. The van der Waals surface area contributed by atoms with Gasteiger partial charge in [-0.2, -0.15) is 0 Å². The molecule has 1 aromatic rings. The molecule has 7 heteroatoms. The predicted octanol–water partition coefficient (Wildman–Crippen LogP) is 0.582. The number of nitrogens with zero attached hydrogens (tertiary/aromatic N) is 3. The van der Waals surface area contributed by atoms with Crippen LogP contribution in [0.2, 0.25) is 0 Å². The number of hydrogen-bond donors (Lipinski definition) is 2. The Hall–Kier alpha value is -2.05. The molecule has 2 N–H and O–H groups in total. The Labute approximate surface area is 124 Å². The van der Waals surface area contributed by atoms with Crippen LogP contribution in [-0.2, 0) is 11.3 Å². The van der Waals surface area contributed by atoms with Crippen molar-refractivity contribution < 1.29 is 9.59 Å². The molecule has 1 aromatic heterocycles. The first kappa shape index (κ1) is 15.3. The van der Waals surface area contributed by atoms with Gasteiger partial charge in [-0.15, -0.1) is 0 Å². The lowest BCUT2D eigenvalue weighted by Crippen LogP contribution is -2.53. The normalized spacial score (nSPS) is 19.9. The van der Waals surface area contributed by atoms with Gasteiger partial charge in [0.2, 0.25) is 5.91 Å². The quantitative estimate of drug-likeness (QED) is 0.852. The maximum absolute atomic E-state index is 12.2. The first-order valence-corrected chi connectivity index (χ1v) is 7.33. The molecule has 116 valence electrons. The standard InChI is InChI=1S/C14H23N5O2/c1-11(8-18-7-5-15-10-18)16-14(21)19-6-3-4-13(9-19)17-12(2)20/h5,7,10-11,13H,3-4,6,8-9H2,1-2H3,(H,16,21)(H,17,20)/t11-,13-/m0/s1. The van der Waals surface area contributed by atoms with Crippen LogP contribution in [0.5, 0.6) is 0 Å². The first-order valence-electron chi connectivity index (χ1n) is 7.33. The van der Waals surface area contributed by atoms with Gasteiger partial charge in [0.1, 0.15) is 0 Å². The van der Waals surface area contributed by atoms with Gasteiger partial charge in [0.05, 0.1) is 6.33 Å². The van der Waals surface area contributed by atoms with E-state index in [1.807, 2.05) is 17.7 Å². The van der Waals surface area contributed by atoms with Crippen LogP contribution >= 0.6 is 0 Å². The summed E-state index contributed by atoms with van der Waals surface area (Å²) in [5.41, 5.74) is 0. The zero-order chi connectivity index (χ0) is 15.2. The first-order chi connectivity index (χ1) is 10.0. The summed E-state index contributed by atoms with van der Waals surface area (Å²) < 4.78 is 1.93. The summed E-state index contributed by atoms with van der Waals surface area (Å²) in [5.74, 6) is -0.0456. The van der Waals surface area contributed by atoms with Crippen LogP contribution in [0, 0.1) is 0 Å². The van der Waals surface area contributed by atoms with Crippen LogP contribution < -0.4 is 10.6 Å². The third-order valence-electron chi connectivity index (χ3n) is 3.53. The summed E-state index contributed by atoms with van der Waals surface area (Å²) in [5, 5.41) is 5.87. The molecule has 7 nitrogen and oxygen atoms in total. The summed E-state index contributed by atoms with van der Waals surface area (Å²) in [6.07, 6.45) is 7.16. The molecule has 3 amide bonds. The minimum absolute atomic E-state index is 0.0212. The SMILES string of the molecule is CC(=O)N[C@H]1CCCN(C(=O)N[C@@H](C)Cn2ccnc2)C1. The highest BCUT2D eigenvalue weighted by Gasteiger charge is 2.24. The van der Waals surface area contributed by atoms with Crippen molar-refractivity contribution in [3.63, 3.8) is 0 Å². The molecule has 0 radical (unpaired) electrons. The molecule has 21 heavy (non-hydrogen) atoms. The molecule has 1 aliphatic rings. The van der Waals surface area contributed by atoms with Crippen molar-refractivity contribution >= 4 is 11.9 Å². The van der Waals surface area contributed by atoms with E-state index in [0.717, 1.165) is 19.4 Å². The van der Waals surface area contributed by atoms with E-state index in [1.54, 1.807) is 17.4 Å². The fourth-order valence-corrected chi connectivity index (χ4v) is 2.63. The summed E-state index contributed by atoms with van der Waals surface area (Å²) in [4.78, 5) is 29.1. The Morgan fingerprint density at radius 2 is 2.29 bits per heavy atom. The van der Waals surface area contributed by atoms with Gasteiger partial charge in [-0.05, 0) is 19.8 Å². The van der Waals surface area contributed by atoms with Crippen molar-refractivity contribution in [3.05, 3.63) is 18.7 Å². The highest BCUT2D eigenvalue weighted by Crippen LogP contribution is 2.10. The largest absolute Gasteiger partial charge is 0.352 e. The van der Waals surface area contributed by atoms with Gasteiger partial charge < -0.3 is 20.1 Å². The number of carbonyl (C=O) groups excluding carboxylic acids is 2. The maximum Gasteiger partial charge on any atom is 0.317 e. The van der Waals surface area contributed by atoms with Gasteiger partial charge in [0.15, 0.2) is 0 Å². The smallest absolute Gasteiger partial charge is 0.317 e. The van der Waals surface area contributed by atoms with E-state index in [9.17, 15) is 9.59 Å². The minimum atomic E-state index is -0.0716. The number of hydrogen-bond acceptors (Lipinski definition) is 3. The molecule has 2 rings (SSSR count). The number of piperidine rings is 1. The molecule has 2 atom stereocenters. The van der Waals surface area contributed by atoms with Crippen molar-refractivity contribution in [2.45, 2.75) is 45.3 Å². The molecule has 0 saturated carbocycles. The van der Waals surface area contributed by atoms with Crippen molar-refractivity contribution in [1.82, 2.24) is 25.1 Å². The lowest BCUT2D eigenvalue weighted by Gasteiger charge is -2.33. The highest BCUT2D eigenvalue weighted by molar-refractivity contribution is 5.75. The van der Waals surface area contributed by atoms with E-state index in [2.05, 4.69) is 15.6 Å². The lowest BCUT2D eigenvalue weighted by molar-refractivity contribution is -0.119. The molecule has 1 saturated heterocycles. The summed E-state index contributed by atoms with van der Waals surface area (Å²) in [7, 11) is 0. The van der Waals surface area contributed by atoms with E-state index in [0.29, 0.717) is 13.1 Å². The minimum Gasteiger partial charge on any atom is -0.352 e. The van der Waals surface area contributed by atoms with Gasteiger partial charge in [0, 0.05) is 51.0 Å². The molecule has 0 bridgehead atoms. The Morgan fingerprint density at radius 3 is 2.95 bits per heavy atom. The van der Waals surface area contributed by atoms with Gasteiger partial charge in [0.25, 0.3) is 0 Å². The van der Waals surface area contributed by atoms with E-state index in [4.69, 9.17) is 0 Å². The van der Waals surface area contributed by atoms with Crippen LogP contribution in [-0.4, -0.2) is 51.6 Å². The number of likely N-dealkylation sites (tertiary alicyclic amines) is 1. The van der Waals surface area contributed by atoms with Crippen LogP contribution in [0.25, 0.3) is 0 Å². The van der Waals surface area contributed by atoms with Crippen LogP contribution in [0.4, 0.5) is 4.79 Å². The van der Waals surface area contributed by atoms with Crippen LogP contribution in [0.1, 0.15) is 26.7 Å². The fraction of sp³-hybridized carbons (Fsp3) is 0.643. The number of urea groups is 1. The van der Waals surface area contributed by atoms with Crippen molar-refractivity contribution in [2.75, 3.05) is 13.1 Å². The van der Waals surface area contributed by atoms with E-state index in [1.165, 1.54) is 6.92 Å². The van der Waals surface area contributed by atoms with Crippen molar-refractivity contribution in [1.29, 1.82) is 0 Å². The molecule has 0 spiro atoms. The number of rotatable bonds is 4. The third-order valence-corrected chi connectivity index (χ3v) is 3.53. The summed E-state index contributed by atoms with van der Waals surface area (Å²) in [6.45, 7) is 5.47.